The molecule has 0 spiro atoms. The lowest BCUT2D eigenvalue weighted by Crippen LogP contribution is -2.42. The Morgan fingerprint density at radius 1 is 1.35 bits per heavy atom. The van der Waals surface area contributed by atoms with Gasteiger partial charge in [-0.05, 0) is 17.2 Å². The zero-order valence-corrected chi connectivity index (χ0v) is 11.8. The number of methoxy groups -OCH3 is 1. The molecule has 1 aromatic carbocycles. The average molecular weight is 299 g/mol. The summed E-state index contributed by atoms with van der Waals surface area (Å²) in [6.07, 6.45) is 0. The van der Waals surface area contributed by atoms with Crippen molar-refractivity contribution in [1.82, 2.24) is 10.2 Å². The Hall–Kier alpha value is -0.420. The first-order chi connectivity index (χ1) is 8.29. The molecule has 0 aliphatic carbocycles. The van der Waals surface area contributed by atoms with E-state index in [1.54, 1.807) is 7.11 Å². The third-order valence-corrected chi connectivity index (χ3v) is 3.77. The summed E-state index contributed by atoms with van der Waals surface area (Å²) in [6, 6.07) is 6.54. The monoisotopic (exact) mass is 298 g/mol. The summed E-state index contributed by atoms with van der Waals surface area (Å²) in [6.45, 7) is 6.17. The minimum absolute atomic E-state index is 0.661. The number of hydrogen-bond donors (Lipinski definition) is 1. The van der Waals surface area contributed by atoms with Crippen LogP contribution in [0.2, 0.25) is 0 Å². The third-order valence-electron chi connectivity index (χ3n) is 3.03. The second-order valence-corrected chi connectivity index (χ2v) is 5.24. The molecule has 1 saturated heterocycles. The Morgan fingerprint density at radius 3 is 2.76 bits per heavy atom. The zero-order chi connectivity index (χ0) is 12.1. The van der Waals surface area contributed by atoms with Gasteiger partial charge in [0.2, 0.25) is 0 Å². The van der Waals surface area contributed by atoms with Gasteiger partial charge >= 0.3 is 0 Å². The Kier molecular flexibility index (Phi) is 4.98. The van der Waals surface area contributed by atoms with Crippen molar-refractivity contribution in [2.45, 2.75) is 13.2 Å². The molecule has 0 atom stereocenters. The molecule has 1 aliphatic rings. The molecule has 1 N–H and O–H groups in total. The lowest BCUT2D eigenvalue weighted by atomic mass is 10.1. The van der Waals surface area contributed by atoms with E-state index in [1.807, 2.05) is 0 Å². The summed E-state index contributed by atoms with van der Waals surface area (Å²) in [5.41, 5.74) is 2.56. The van der Waals surface area contributed by atoms with E-state index < -0.39 is 0 Å². The first kappa shape index (κ1) is 13.0. The second kappa shape index (κ2) is 6.50. The van der Waals surface area contributed by atoms with E-state index in [2.05, 4.69) is 44.3 Å². The number of rotatable bonds is 4. The normalized spacial score (nSPS) is 17.3. The van der Waals surface area contributed by atoms with Gasteiger partial charge in [0.25, 0.3) is 0 Å². The van der Waals surface area contributed by atoms with Crippen LogP contribution in [0.15, 0.2) is 22.7 Å². The molecule has 4 heteroatoms. The van der Waals surface area contributed by atoms with Crippen molar-refractivity contribution < 1.29 is 4.74 Å². The molecule has 1 heterocycles. The molecule has 3 nitrogen and oxygen atoms in total. The SMILES string of the molecule is COCc1ccc(CN2CCNCC2)cc1Br. The molecular weight excluding hydrogens is 280 g/mol. The largest absolute Gasteiger partial charge is 0.380 e. The highest BCUT2D eigenvalue weighted by atomic mass is 79.9. The van der Waals surface area contributed by atoms with Crippen molar-refractivity contribution in [2.24, 2.45) is 0 Å². The minimum Gasteiger partial charge on any atom is -0.380 e. The van der Waals surface area contributed by atoms with Crippen molar-refractivity contribution in [3.8, 4) is 0 Å². The highest BCUT2D eigenvalue weighted by Crippen LogP contribution is 2.20. The van der Waals surface area contributed by atoms with E-state index in [0.717, 1.165) is 37.2 Å². The maximum atomic E-state index is 5.15. The van der Waals surface area contributed by atoms with E-state index in [-0.39, 0.29) is 0 Å². The van der Waals surface area contributed by atoms with Gasteiger partial charge in [-0.2, -0.15) is 0 Å². The summed E-state index contributed by atoms with van der Waals surface area (Å²) in [5.74, 6) is 0. The summed E-state index contributed by atoms with van der Waals surface area (Å²) >= 11 is 3.60. The first-order valence-electron chi connectivity index (χ1n) is 5.99. The summed E-state index contributed by atoms with van der Waals surface area (Å²) < 4.78 is 6.30. The number of halogens is 1. The molecular formula is C13H19BrN2O. The van der Waals surface area contributed by atoms with Crippen LogP contribution >= 0.6 is 15.9 Å². The summed E-state index contributed by atoms with van der Waals surface area (Å²) in [4.78, 5) is 2.48. The van der Waals surface area contributed by atoms with Crippen LogP contribution in [0.5, 0.6) is 0 Å². The molecule has 0 radical (unpaired) electrons. The van der Waals surface area contributed by atoms with Crippen LogP contribution < -0.4 is 5.32 Å². The molecule has 94 valence electrons. The standard InChI is InChI=1S/C13H19BrN2O/c1-17-10-12-3-2-11(8-13(12)14)9-16-6-4-15-5-7-16/h2-3,8,15H,4-7,9-10H2,1H3. The average Bonchev–Trinajstić information content (AvgIpc) is 2.34. The highest BCUT2D eigenvalue weighted by Gasteiger charge is 2.10. The number of nitrogens with one attached hydrogen (secondary N) is 1. The predicted molar refractivity (Wildman–Crippen MR) is 73.0 cm³/mol. The van der Waals surface area contributed by atoms with Gasteiger partial charge in [0.15, 0.2) is 0 Å². The van der Waals surface area contributed by atoms with Crippen LogP contribution in [-0.4, -0.2) is 38.2 Å². The summed E-state index contributed by atoms with van der Waals surface area (Å²) in [5, 5.41) is 3.37. The van der Waals surface area contributed by atoms with Gasteiger partial charge in [0.05, 0.1) is 6.61 Å². The van der Waals surface area contributed by atoms with Gasteiger partial charge in [-0.15, -0.1) is 0 Å². The smallest absolute Gasteiger partial charge is 0.0724 e. The third kappa shape index (κ3) is 3.78. The quantitative estimate of drug-likeness (QED) is 0.920. The molecule has 1 aromatic rings. The number of piperazine rings is 1. The van der Waals surface area contributed by atoms with E-state index >= 15 is 0 Å². The molecule has 1 fully saturated rings. The lowest BCUT2D eigenvalue weighted by molar-refractivity contribution is 0.184. The zero-order valence-electron chi connectivity index (χ0n) is 10.2. The van der Waals surface area contributed by atoms with Crippen LogP contribution in [0.25, 0.3) is 0 Å². The van der Waals surface area contributed by atoms with Crippen molar-refractivity contribution >= 4 is 15.9 Å². The fourth-order valence-corrected chi connectivity index (χ4v) is 2.63. The number of hydrogen-bond acceptors (Lipinski definition) is 3. The van der Waals surface area contributed by atoms with E-state index in [1.165, 1.54) is 11.1 Å². The topological polar surface area (TPSA) is 24.5 Å². The summed E-state index contributed by atoms with van der Waals surface area (Å²) in [7, 11) is 1.72. The Morgan fingerprint density at radius 2 is 2.12 bits per heavy atom. The molecule has 17 heavy (non-hydrogen) atoms. The molecule has 0 bridgehead atoms. The van der Waals surface area contributed by atoms with Gasteiger partial charge in [-0.25, -0.2) is 0 Å². The van der Waals surface area contributed by atoms with Crippen LogP contribution in [0.1, 0.15) is 11.1 Å². The van der Waals surface area contributed by atoms with Crippen molar-refractivity contribution in [3.63, 3.8) is 0 Å². The highest BCUT2D eigenvalue weighted by molar-refractivity contribution is 9.10. The van der Waals surface area contributed by atoms with Gasteiger partial charge < -0.3 is 10.1 Å². The maximum Gasteiger partial charge on any atom is 0.0724 e. The van der Waals surface area contributed by atoms with Crippen LogP contribution in [-0.2, 0) is 17.9 Å². The Balaban J connectivity index is 1.98. The Bertz CT molecular complexity index is 364. The molecule has 0 aromatic heterocycles. The van der Waals surface area contributed by atoms with Crippen LogP contribution in [0.4, 0.5) is 0 Å². The number of ether oxygens (including phenoxy) is 1. The second-order valence-electron chi connectivity index (χ2n) is 4.38. The fraction of sp³-hybridized carbons (Fsp3) is 0.538. The fourth-order valence-electron chi connectivity index (χ4n) is 2.09. The lowest BCUT2D eigenvalue weighted by Gasteiger charge is -2.27. The van der Waals surface area contributed by atoms with Crippen LogP contribution in [0, 0.1) is 0 Å². The molecule has 0 saturated carbocycles. The van der Waals surface area contributed by atoms with Gasteiger partial charge in [0, 0.05) is 44.3 Å². The molecule has 0 amide bonds. The van der Waals surface area contributed by atoms with Gasteiger partial charge in [-0.3, -0.25) is 4.90 Å². The van der Waals surface area contributed by atoms with E-state index in [4.69, 9.17) is 4.74 Å². The van der Waals surface area contributed by atoms with Gasteiger partial charge in [0.1, 0.15) is 0 Å². The van der Waals surface area contributed by atoms with E-state index in [0.29, 0.717) is 6.61 Å². The van der Waals surface area contributed by atoms with E-state index in [9.17, 15) is 0 Å². The molecule has 2 rings (SSSR count). The predicted octanol–water partition coefficient (Wildman–Crippen LogP) is 2.00. The maximum absolute atomic E-state index is 5.15. The molecule has 0 unspecified atom stereocenters. The number of benzene rings is 1. The number of nitrogens with zero attached hydrogens (tertiary/aromatic N) is 1. The van der Waals surface area contributed by atoms with Crippen molar-refractivity contribution in [3.05, 3.63) is 33.8 Å². The van der Waals surface area contributed by atoms with Gasteiger partial charge in [-0.1, -0.05) is 28.1 Å². The van der Waals surface area contributed by atoms with Crippen molar-refractivity contribution in [2.75, 3.05) is 33.3 Å². The Labute approximate surface area is 111 Å². The minimum atomic E-state index is 0.661. The first-order valence-corrected chi connectivity index (χ1v) is 6.78. The molecule has 1 aliphatic heterocycles. The van der Waals surface area contributed by atoms with Crippen molar-refractivity contribution in [1.29, 1.82) is 0 Å². The van der Waals surface area contributed by atoms with Crippen LogP contribution in [0.3, 0.4) is 0 Å².